The molecular weight excluding hydrogens is 342 g/mol. The van der Waals surface area contributed by atoms with Crippen LogP contribution in [0.25, 0.3) is 16.8 Å². The predicted octanol–water partition coefficient (Wildman–Crippen LogP) is 6.06. The highest BCUT2D eigenvalue weighted by Crippen LogP contribution is 2.37. The van der Waals surface area contributed by atoms with E-state index in [1.807, 2.05) is 42.5 Å². The molecule has 0 aliphatic heterocycles. The monoisotopic (exact) mass is 359 g/mol. The number of carbonyl (C=O) groups excluding carboxylic acids is 1. The summed E-state index contributed by atoms with van der Waals surface area (Å²) >= 11 is 1.50. The van der Waals surface area contributed by atoms with Crippen molar-refractivity contribution in [3.05, 3.63) is 97.4 Å². The van der Waals surface area contributed by atoms with E-state index in [9.17, 15) is 4.79 Å². The van der Waals surface area contributed by atoms with Crippen molar-refractivity contribution in [2.24, 2.45) is 0 Å². The van der Waals surface area contributed by atoms with Gasteiger partial charge >= 0.3 is 0 Å². The van der Waals surface area contributed by atoms with Crippen molar-refractivity contribution in [3.8, 4) is 11.3 Å². The summed E-state index contributed by atoms with van der Waals surface area (Å²) in [5, 5.41) is 0.679. The maximum atomic E-state index is 10.9. The molecule has 3 rings (SSSR count). The molecule has 0 radical (unpaired) electrons. The molecule has 1 heterocycles. The zero-order chi connectivity index (χ0) is 18.4. The summed E-state index contributed by atoms with van der Waals surface area (Å²) in [5.74, 6) is 0.455. The molecular formula is C22H17NO2S. The average Bonchev–Trinajstić information content (AvgIpc) is 3.11. The molecule has 0 fully saturated rings. The molecule has 4 heteroatoms. The van der Waals surface area contributed by atoms with Crippen molar-refractivity contribution in [1.29, 1.82) is 0 Å². The molecule has 0 spiro atoms. The molecule has 3 nitrogen and oxygen atoms in total. The Morgan fingerprint density at radius 2 is 1.81 bits per heavy atom. The Balaban J connectivity index is 2.02. The van der Waals surface area contributed by atoms with Gasteiger partial charge in [0.05, 0.1) is 0 Å². The quantitative estimate of drug-likeness (QED) is 0.380. The average molecular weight is 359 g/mol. The summed E-state index contributed by atoms with van der Waals surface area (Å²) in [6.07, 6.45) is 6.08. The highest BCUT2D eigenvalue weighted by Gasteiger charge is 2.17. The van der Waals surface area contributed by atoms with Gasteiger partial charge in [0.1, 0.15) is 12.0 Å². The first-order chi connectivity index (χ1) is 12.7. The number of hydrogen-bond donors (Lipinski definition) is 0. The molecule has 128 valence electrons. The smallest absolute Gasteiger partial charge is 0.227 e. The number of aromatic nitrogens is 1. The summed E-state index contributed by atoms with van der Waals surface area (Å²) in [6, 6.07) is 17.2. The highest BCUT2D eigenvalue weighted by atomic mass is 32.2. The van der Waals surface area contributed by atoms with Gasteiger partial charge in [-0.25, -0.2) is 4.98 Å². The molecule has 3 aromatic rings. The van der Waals surface area contributed by atoms with Crippen LogP contribution in [0.4, 0.5) is 0 Å². The van der Waals surface area contributed by atoms with Crippen LogP contribution in [-0.2, 0) is 0 Å². The molecule has 0 aliphatic rings. The second-order valence-corrected chi connectivity index (χ2v) is 6.48. The second kappa shape index (κ2) is 8.32. The van der Waals surface area contributed by atoms with Gasteiger partial charge in [0.25, 0.3) is 0 Å². The molecule has 0 atom stereocenters. The van der Waals surface area contributed by atoms with Crippen LogP contribution < -0.4 is 0 Å². The fourth-order valence-corrected chi connectivity index (χ4v) is 3.15. The number of benzene rings is 2. The Bertz CT molecular complexity index is 954. The van der Waals surface area contributed by atoms with Gasteiger partial charge in [0.15, 0.2) is 5.09 Å². The maximum Gasteiger partial charge on any atom is 0.227 e. The Morgan fingerprint density at radius 1 is 1.08 bits per heavy atom. The van der Waals surface area contributed by atoms with Crippen LogP contribution in [0.5, 0.6) is 0 Å². The van der Waals surface area contributed by atoms with Crippen LogP contribution in [0.3, 0.4) is 0 Å². The molecule has 0 N–H and O–H groups in total. The van der Waals surface area contributed by atoms with Crippen molar-refractivity contribution in [2.75, 3.05) is 0 Å². The molecule has 0 aliphatic carbocycles. The van der Waals surface area contributed by atoms with Gasteiger partial charge in [-0.3, -0.25) is 4.79 Å². The largest absolute Gasteiger partial charge is 0.429 e. The number of allylic oxidation sites excluding steroid dienone is 4. The van der Waals surface area contributed by atoms with E-state index in [0.717, 1.165) is 22.4 Å². The van der Waals surface area contributed by atoms with E-state index < -0.39 is 0 Å². The van der Waals surface area contributed by atoms with Crippen molar-refractivity contribution >= 4 is 23.6 Å². The minimum atomic E-state index is 0.455. The summed E-state index contributed by atoms with van der Waals surface area (Å²) in [5.41, 5.74) is 2.88. The first kappa shape index (κ1) is 17.7. The van der Waals surface area contributed by atoms with Gasteiger partial charge in [-0.1, -0.05) is 73.9 Å². The molecule has 0 unspecified atom stereocenters. The Morgan fingerprint density at radius 3 is 2.46 bits per heavy atom. The summed E-state index contributed by atoms with van der Waals surface area (Å²) in [6.45, 7) is 7.66. The van der Waals surface area contributed by atoms with Gasteiger partial charge in [0, 0.05) is 21.6 Å². The van der Waals surface area contributed by atoms with Gasteiger partial charge in [-0.15, -0.1) is 0 Å². The predicted molar refractivity (Wildman–Crippen MR) is 106 cm³/mol. The third kappa shape index (κ3) is 4.10. The van der Waals surface area contributed by atoms with E-state index in [0.29, 0.717) is 22.1 Å². The summed E-state index contributed by atoms with van der Waals surface area (Å²) < 4.78 is 5.99. The van der Waals surface area contributed by atoms with Gasteiger partial charge < -0.3 is 4.42 Å². The lowest BCUT2D eigenvalue weighted by atomic mass is 10.1. The minimum absolute atomic E-state index is 0.455. The SMILES string of the molecule is C=C/C=C\C(=C)c1nc(-c2ccc(C=O)cc2)c(Sc2ccccc2)o1. The third-order valence-electron chi connectivity index (χ3n) is 3.58. The zero-order valence-corrected chi connectivity index (χ0v) is 14.9. The van der Waals surface area contributed by atoms with Crippen molar-refractivity contribution in [1.82, 2.24) is 4.98 Å². The number of nitrogens with zero attached hydrogens (tertiary/aromatic N) is 1. The van der Waals surface area contributed by atoms with E-state index in [2.05, 4.69) is 18.1 Å². The van der Waals surface area contributed by atoms with E-state index in [1.54, 1.807) is 30.4 Å². The van der Waals surface area contributed by atoms with E-state index in [4.69, 9.17) is 4.42 Å². The molecule has 0 saturated carbocycles. The summed E-state index contributed by atoms with van der Waals surface area (Å²) in [4.78, 5) is 16.6. The van der Waals surface area contributed by atoms with E-state index in [1.165, 1.54) is 11.8 Å². The molecule has 0 saturated heterocycles. The van der Waals surface area contributed by atoms with Crippen LogP contribution in [0.2, 0.25) is 0 Å². The second-order valence-electron chi connectivity index (χ2n) is 5.43. The van der Waals surface area contributed by atoms with Gasteiger partial charge in [-0.2, -0.15) is 0 Å². The molecule has 0 bridgehead atoms. The zero-order valence-electron chi connectivity index (χ0n) is 14.1. The van der Waals surface area contributed by atoms with E-state index >= 15 is 0 Å². The number of aldehydes is 1. The van der Waals surface area contributed by atoms with Gasteiger partial charge in [-0.05, 0) is 23.9 Å². The lowest BCUT2D eigenvalue weighted by Gasteiger charge is -2.01. The first-order valence-corrected chi connectivity index (χ1v) is 8.80. The number of carbonyl (C=O) groups is 1. The topological polar surface area (TPSA) is 43.1 Å². The Kier molecular flexibility index (Phi) is 5.66. The number of hydrogen-bond acceptors (Lipinski definition) is 4. The van der Waals surface area contributed by atoms with Crippen LogP contribution in [0.15, 0.2) is 100 Å². The lowest BCUT2D eigenvalue weighted by Crippen LogP contribution is -1.84. The Hall–Kier alpha value is -3.11. The number of oxazole rings is 1. The molecule has 2 aromatic carbocycles. The standard InChI is InChI=1S/C22H17NO2S/c1-3-4-8-16(2)21-23-20(18-13-11-17(15-24)12-14-18)22(25-21)26-19-9-6-5-7-10-19/h3-15H,1-2H2/b8-4-. The summed E-state index contributed by atoms with van der Waals surface area (Å²) in [7, 11) is 0. The number of rotatable bonds is 7. The highest BCUT2D eigenvalue weighted by molar-refractivity contribution is 7.99. The fourth-order valence-electron chi connectivity index (χ4n) is 2.27. The van der Waals surface area contributed by atoms with E-state index in [-0.39, 0.29) is 0 Å². The van der Waals surface area contributed by atoms with Crippen molar-refractivity contribution < 1.29 is 9.21 Å². The molecule has 26 heavy (non-hydrogen) atoms. The van der Waals surface area contributed by atoms with Crippen LogP contribution in [0.1, 0.15) is 16.2 Å². The molecule has 1 aromatic heterocycles. The van der Waals surface area contributed by atoms with Gasteiger partial charge in [0.2, 0.25) is 5.89 Å². The Labute approximate surface area is 156 Å². The normalized spacial score (nSPS) is 10.8. The van der Waals surface area contributed by atoms with Crippen LogP contribution >= 0.6 is 11.8 Å². The van der Waals surface area contributed by atoms with Crippen LogP contribution in [0, 0.1) is 0 Å². The lowest BCUT2D eigenvalue weighted by molar-refractivity contribution is 0.112. The maximum absolute atomic E-state index is 10.9. The van der Waals surface area contributed by atoms with Crippen molar-refractivity contribution in [2.45, 2.75) is 9.99 Å². The first-order valence-electron chi connectivity index (χ1n) is 7.99. The minimum Gasteiger partial charge on any atom is -0.429 e. The van der Waals surface area contributed by atoms with Crippen molar-refractivity contribution in [3.63, 3.8) is 0 Å². The van der Waals surface area contributed by atoms with Crippen LogP contribution in [-0.4, -0.2) is 11.3 Å². The third-order valence-corrected chi connectivity index (χ3v) is 4.55. The molecule has 0 amide bonds. The fraction of sp³-hybridized carbons (Fsp3) is 0.